The molecule has 0 aliphatic heterocycles. The fraction of sp³-hybridized carbons (Fsp3) is 0.400. The Morgan fingerprint density at radius 2 is 1.94 bits per heavy atom. The maximum atomic E-state index is 13.4. The van der Waals surface area contributed by atoms with Gasteiger partial charge in [0.1, 0.15) is 18.1 Å². The molecule has 96 valence electrons. The van der Waals surface area contributed by atoms with E-state index in [1.54, 1.807) is 0 Å². The third-order valence-corrected chi connectivity index (χ3v) is 2.13. The molecule has 0 fully saturated rings. The summed E-state index contributed by atoms with van der Waals surface area (Å²) in [5.74, 6) is -0.689. The van der Waals surface area contributed by atoms with E-state index in [2.05, 4.69) is 0 Å². The molecule has 0 heterocycles. The molecule has 0 bridgehead atoms. The highest BCUT2D eigenvalue weighted by Crippen LogP contribution is 2.31. The van der Waals surface area contributed by atoms with Crippen molar-refractivity contribution >= 4 is 11.4 Å². The Morgan fingerprint density at radius 3 is 2.41 bits per heavy atom. The van der Waals surface area contributed by atoms with E-state index >= 15 is 0 Å². The fourth-order valence-electron chi connectivity index (χ4n) is 1.38. The van der Waals surface area contributed by atoms with Gasteiger partial charge in [-0.15, -0.1) is 0 Å². The normalized spacial score (nSPS) is 11.4. The van der Waals surface area contributed by atoms with Crippen molar-refractivity contribution in [2.45, 2.75) is 6.18 Å². The number of halogens is 4. The summed E-state index contributed by atoms with van der Waals surface area (Å²) >= 11 is 0. The number of hydrogen-bond donors (Lipinski definition) is 1. The minimum atomic E-state index is -4.41. The molecule has 0 aromatic heterocycles. The van der Waals surface area contributed by atoms with Crippen LogP contribution in [0.4, 0.5) is 28.9 Å². The zero-order valence-corrected chi connectivity index (χ0v) is 9.31. The molecule has 0 aliphatic carbocycles. The van der Waals surface area contributed by atoms with Gasteiger partial charge >= 0.3 is 6.18 Å². The van der Waals surface area contributed by atoms with Crippen LogP contribution in [-0.2, 0) is 0 Å². The second-order valence-electron chi connectivity index (χ2n) is 3.52. The van der Waals surface area contributed by atoms with Gasteiger partial charge in [0.15, 0.2) is 0 Å². The molecular weight excluding hydrogens is 240 g/mol. The molecule has 7 heteroatoms. The van der Waals surface area contributed by atoms with Crippen LogP contribution < -0.4 is 15.4 Å². The van der Waals surface area contributed by atoms with E-state index < -0.39 is 18.5 Å². The minimum absolute atomic E-state index is 0.0363. The number of nitrogens with two attached hydrogens (primary N) is 1. The molecule has 17 heavy (non-hydrogen) atoms. The Bertz CT molecular complexity index is 406. The number of methoxy groups -OCH3 is 1. The highest BCUT2D eigenvalue weighted by atomic mass is 19.4. The predicted molar refractivity (Wildman–Crippen MR) is 56.7 cm³/mol. The minimum Gasteiger partial charge on any atom is -0.495 e. The molecule has 0 aliphatic rings. The summed E-state index contributed by atoms with van der Waals surface area (Å²) in [6.45, 7) is -1.25. The fourth-order valence-corrected chi connectivity index (χ4v) is 1.38. The number of anilines is 2. The number of rotatable bonds is 3. The van der Waals surface area contributed by atoms with Crippen molar-refractivity contribution in [2.75, 3.05) is 31.3 Å². The summed E-state index contributed by atoms with van der Waals surface area (Å²) in [5, 5.41) is 0. The smallest absolute Gasteiger partial charge is 0.405 e. The third kappa shape index (κ3) is 3.40. The van der Waals surface area contributed by atoms with E-state index in [9.17, 15) is 17.6 Å². The van der Waals surface area contributed by atoms with Crippen molar-refractivity contribution < 1.29 is 22.3 Å². The van der Waals surface area contributed by atoms with Gasteiger partial charge in [0.05, 0.1) is 18.5 Å². The molecule has 1 rings (SSSR count). The van der Waals surface area contributed by atoms with Crippen molar-refractivity contribution in [3.63, 3.8) is 0 Å². The maximum Gasteiger partial charge on any atom is 0.405 e. The molecule has 0 saturated heterocycles. The standard InChI is InChI=1S/C10H12F4N2O/c1-16(5-10(12,13)14)8-4-9(17-2)7(15)3-6(8)11/h3-4H,5,15H2,1-2H3. The van der Waals surface area contributed by atoms with Gasteiger partial charge < -0.3 is 15.4 Å². The number of ether oxygens (including phenoxy) is 1. The van der Waals surface area contributed by atoms with Crippen molar-refractivity contribution in [1.29, 1.82) is 0 Å². The molecule has 1 aromatic rings. The van der Waals surface area contributed by atoms with Crippen LogP contribution >= 0.6 is 0 Å². The van der Waals surface area contributed by atoms with E-state index in [4.69, 9.17) is 10.5 Å². The lowest BCUT2D eigenvalue weighted by molar-refractivity contribution is -0.119. The van der Waals surface area contributed by atoms with Gasteiger partial charge in [0, 0.05) is 19.2 Å². The van der Waals surface area contributed by atoms with Gasteiger partial charge in [-0.3, -0.25) is 0 Å². The summed E-state index contributed by atoms with van der Waals surface area (Å²) in [6.07, 6.45) is -4.41. The molecule has 0 atom stereocenters. The molecule has 0 saturated carbocycles. The van der Waals surface area contributed by atoms with E-state index in [-0.39, 0.29) is 17.1 Å². The Morgan fingerprint density at radius 1 is 1.35 bits per heavy atom. The Balaban J connectivity index is 3.05. The number of benzene rings is 1. The van der Waals surface area contributed by atoms with Gasteiger partial charge in [-0.1, -0.05) is 0 Å². The maximum absolute atomic E-state index is 13.4. The largest absolute Gasteiger partial charge is 0.495 e. The predicted octanol–water partition coefficient (Wildman–Crippen LogP) is 2.42. The topological polar surface area (TPSA) is 38.5 Å². The highest BCUT2D eigenvalue weighted by Gasteiger charge is 2.30. The number of alkyl halides is 3. The molecule has 0 radical (unpaired) electrons. The van der Waals surface area contributed by atoms with E-state index in [0.29, 0.717) is 0 Å². The van der Waals surface area contributed by atoms with Gasteiger partial charge in [0.2, 0.25) is 0 Å². The number of nitrogen functional groups attached to an aromatic ring is 1. The van der Waals surface area contributed by atoms with Crippen molar-refractivity contribution in [1.82, 2.24) is 0 Å². The SMILES string of the molecule is COc1cc(N(C)CC(F)(F)F)c(F)cc1N. The molecule has 0 unspecified atom stereocenters. The van der Waals surface area contributed by atoms with E-state index in [1.165, 1.54) is 7.11 Å². The average Bonchev–Trinajstić information content (AvgIpc) is 2.14. The van der Waals surface area contributed by atoms with Gasteiger partial charge in [-0.25, -0.2) is 4.39 Å². The highest BCUT2D eigenvalue weighted by molar-refractivity contribution is 5.63. The molecular formula is C10H12F4N2O. The molecule has 1 aromatic carbocycles. The van der Waals surface area contributed by atoms with E-state index in [1.807, 2.05) is 0 Å². The van der Waals surface area contributed by atoms with Crippen LogP contribution in [0.2, 0.25) is 0 Å². The van der Waals surface area contributed by atoms with Crippen molar-refractivity contribution in [3.8, 4) is 5.75 Å². The first-order valence-electron chi connectivity index (χ1n) is 4.65. The zero-order valence-electron chi connectivity index (χ0n) is 9.31. The second-order valence-corrected chi connectivity index (χ2v) is 3.52. The quantitative estimate of drug-likeness (QED) is 0.663. The van der Waals surface area contributed by atoms with Crippen LogP contribution in [0.5, 0.6) is 5.75 Å². The molecule has 0 spiro atoms. The van der Waals surface area contributed by atoms with Crippen molar-refractivity contribution in [3.05, 3.63) is 17.9 Å². The van der Waals surface area contributed by atoms with E-state index in [0.717, 1.165) is 24.1 Å². The van der Waals surface area contributed by atoms with Crippen LogP contribution in [-0.4, -0.2) is 26.9 Å². The lowest BCUT2D eigenvalue weighted by Gasteiger charge is -2.22. The summed E-state index contributed by atoms with van der Waals surface area (Å²) in [6, 6.07) is 2.07. The van der Waals surface area contributed by atoms with Gasteiger partial charge in [0.25, 0.3) is 0 Å². The molecule has 2 N–H and O–H groups in total. The first kappa shape index (κ1) is 13.4. The van der Waals surface area contributed by atoms with Gasteiger partial charge in [-0.2, -0.15) is 13.2 Å². The Hall–Kier alpha value is -1.66. The van der Waals surface area contributed by atoms with Crippen LogP contribution in [0.1, 0.15) is 0 Å². The first-order valence-corrected chi connectivity index (χ1v) is 4.65. The summed E-state index contributed by atoms with van der Waals surface area (Å²) < 4.78 is 54.8. The molecule has 3 nitrogen and oxygen atoms in total. The second kappa shape index (κ2) is 4.68. The van der Waals surface area contributed by atoms with Gasteiger partial charge in [-0.05, 0) is 0 Å². The molecule has 0 amide bonds. The lowest BCUT2D eigenvalue weighted by Crippen LogP contribution is -2.31. The Labute approximate surface area is 95.8 Å². The summed E-state index contributed by atoms with van der Waals surface area (Å²) in [5.41, 5.74) is 5.24. The Kier molecular flexibility index (Phi) is 3.69. The van der Waals surface area contributed by atoms with Crippen LogP contribution in [0.3, 0.4) is 0 Å². The van der Waals surface area contributed by atoms with Crippen LogP contribution in [0.15, 0.2) is 12.1 Å². The number of nitrogens with zero attached hydrogens (tertiary/aromatic N) is 1. The number of hydrogen-bond acceptors (Lipinski definition) is 3. The summed E-state index contributed by atoms with van der Waals surface area (Å²) in [4.78, 5) is 0.747. The lowest BCUT2D eigenvalue weighted by atomic mass is 10.2. The van der Waals surface area contributed by atoms with Crippen LogP contribution in [0, 0.1) is 5.82 Å². The third-order valence-electron chi connectivity index (χ3n) is 2.13. The zero-order chi connectivity index (χ0) is 13.2. The summed E-state index contributed by atoms with van der Waals surface area (Å²) in [7, 11) is 2.44. The average molecular weight is 252 g/mol. The monoisotopic (exact) mass is 252 g/mol. The van der Waals surface area contributed by atoms with Crippen molar-refractivity contribution in [2.24, 2.45) is 0 Å². The van der Waals surface area contributed by atoms with Crippen LogP contribution in [0.25, 0.3) is 0 Å². The first-order chi connectivity index (χ1) is 7.74.